The van der Waals surface area contributed by atoms with E-state index in [9.17, 15) is 0 Å². The van der Waals surface area contributed by atoms with Crippen molar-refractivity contribution in [2.45, 2.75) is 33.2 Å². The molecule has 26 heavy (non-hydrogen) atoms. The maximum atomic E-state index is 5.98. The molecule has 0 amide bonds. The zero-order chi connectivity index (χ0) is 18.1. The van der Waals surface area contributed by atoms with Crippen molar-refractivity contribution in [2.24, 2.45) is 16.8 Å². The van der Waals surface area contributed by atoms with E-state index in [2.05, 4.69) is 41.2 Å². The third kappa shape index (κ3) is 7.31. The maximum Gasteiger partial charge on any atom is 0.193 e. The minimum Gasteiger partial charge on any atom is -0.493 e. The van der Waals surface area contributed by atoms with Gasteiger partial charge in [0.1, 0.15) is 5.75 Å². The molecule has 6 heteroatoms. The second-order valence-corrected chi connectivity index (χ2v) is 7.10. The topological polar surface area (TPSA) is 46.1 Å². The molecule has 1 saturated heterocycles. The summed E-state index contributed by atoms with van der Waals surface area (Å²) >= 11 is 0. The molecule has 0 bridgehead atoms. The van der Waals surface area contributed by atoms with Crippen LogP contribution in [0.5, 0.6) is 5.75 Å². The third-order valence-corrected chi connectivity index (χ3v) is 4.56. The van der Waals surface area contributed by atoms with Gasteiger partial charge in [0.15, 0.2) is 5.96 Å². The Morgan fingerprint density at radius 2 is 2.12 bits per heavy atom. The van der Waals surface area contributed by atoms with Crippen molar-refractivity contribution in [3.63, 3.8) is 0 Å². The average Bonchev–Trinajstić information content (AvgIpc) is 3.05. The van der Waals surface area contributed by atoms with E-state index >= 15 is 0 Å². The molecule has 0 aliphatic carbocycles. The molecule has 148 valence electrons. The third-order valence-electron chi connectivity index (χ3n) is 4.56. The van der Waals surface area contributed by atoms with E-state index in [1.165, 1.54) is 5.56 Å². The van der Waals surface area contributed by atoms with Crippen LogP contribution in [0.25, 0.3) is 0 Å². The molecular weight excluding hydrogens is 441 g/mol. The van der Waals surface area contributed by atoms with Gasteiger partial charge in [-0.3, -0.25) is 4.99 Å². The van der Waals surface area contributed by atoms with E-state index in [1.807, 2.05) is 19.2 Å². The SMILES string of the molecule is CN=C(NCc1ccccc1OCCC(C)C)N1CCC(COC)C1.I. The first kappa shape index (κ1) is 23.0. The van der Waals surface area contributed by atoms with Crippen LogP contribution in [-0.2, 0) is 11.3 Å². The molecule has 1 fully saturated rings. The number of rotatable bonds is 8. The summed E-state index contributed by atoms with van der Waals surface area (Å²) in [5.74, 6) is 3.16. The first-order valence-corrected chi connectivity index (χ1v) is 9.29. The number of ether oxygens (including phenoxy) is 2. The van der Waals surface area contributed by atoms with Crippen LogP contribution >= 0.6 is 24.0 Å². The fourth-order valence-electron chi connectivity index (χ4n) is 3.10. The molecule has 1 aliphatic heterocycles. The molecule has 0 aromatic heterocycles. The summed E-state index contributed by atoms with van der Waals surface area (Å²) in [5.41, 5.74) is 1.17. The molecule has 0 spiro atoms. The van der Waals surface area contributed by atoms with E-state index in [1.54, 1.807) is 7.11 Å². The van der Waals surface area contributed by atoms with Crippen LogP contribution in [0.3, 0.4) is 0 Å². The van der Waals surface area contributed by atoms with Crippen molar-refractivity contribution in [1.82, 2.24) is 10.2 Å². The van der Waals surface area contributed by atoms with E-state index in [-0.39, 0.29) is 24.0 Å². The maximum absolute atomic E-state index is 5.98. The van der Waals surface area contributed by atoms with Gasteiger partial charge in [0.2, 0.25) is 0 Å². The predicted octanol–water partition coefficient (Wildman–Crippen LogP) is 3.77. The van der Waals surface area contributed by atoms with E-state index < -0.39 is 0 Å². The van der Waals surface area contributed by atoms with Gasteiger partial charge in [-0.2, -0.15) is 0 Å². The summed E-state index contributed by atoms with van der Waals surface area (Å²) in [4.78, 5) is 6.76. The minimum absolute atomic E-state index is 0. The Bertz CT molecular complexity index is 552. The largest absolute Gasteiger partial charge is 0.493 e. The molecule has 1 aromatic carbocycles. The Kier molecular flexibility index (Phi) is 11.0. The normalized spacial score (nSPS) is 17.3. The van der Waals surface area contributed by atoms with Gasteiger partial charge in [-0.15, -0.1) is 24.0 Å². The number of nitrogens with one attached hydrogen (secondary N) is 1. The van der Waals surface area contributed by atoms with Crippen LogP contribution in [0.2, 0.25) is 0 Å². The van der Waals surface area contributed by atoms with Crippen molar-refractivity contribution in [1.29, 1.82) is 0 Å². The van der Waals surface area contributed by atoms with Gasteiger partial charge in [-0.1, -0.05) is 32.0 Å². The fraction of sp³-hybridized carbons (Fsp3) is 0.650. The summed E-state index contributed by atoms with van der Waals surface area (Å²) in [6, 6.07) is 8.24. The number of hydrogen-bond acceptors (Lipinski definition) is 3. The number of para-hydroxylation sites is 1. The van der Waals surface area contributed by atoms with Crippen molar-refractivity contribution in [2.75, 3.05) is 40.5 Å². The summed E-state index contributed by atoms with van der Waals surface area (Å²) in [5, 5.41) is 3.49. The van der Waals surface area contributed by atoms with Crippen LogP contribution in [0.1, 0.15) is 32.3 Å². The number of benzene rings is 1. The Hall–Kier alpha value is -1.02. The number of hydrogen-bond donors (Lipinski definition) is 1. The highest BCUT2D eigenvalue weighted by Crippen LogP contribution is 2.20. The van der Waals surface area contributed by atoms with Crippen molar-refractivity contribution >= 4 is 29.9 Å². The quantitative estimate of drug-likeness (QED) is 0.353. The minimum atomic E-state index is 0. The lowest BCUT2D eigenvalue weighted by molar-refractivity contribution is 0.157. The van der Waals surface area contributed by atoms with E-state index in [4.69, 9.17) is 9.47 Å². The molecule has 1 aliphatic rings. The highest BCUT2D eigenvalue weighted by molar-refractivity contribution is 14.0. The number of likely N-dealkylation sites (tertiary alicyclic amines) is 1. The fourth-order valence-corrected chi connectivity index (χ4v) is 3.10. The molecular formula is C20H34IN3O2. The lowest BCUT2D eigenvalue weighted by Gasteiger charge is -2.22. The van der Waals surface area contributed by atoms with Crippen LogP contribution in [-0.4, -0.2) is 51.3 Å². The molecule has 0 saturated carbocycles. The lowest BCUT2D eigenvalue weighted by Crippen LogP contribution is -2.39. The first-order chi connectivity index (χ1) is 12.1. The zero-order valence-corrected chi connectivity index (χ0v) is 18.9. The monoisotopic (exact) mass is 475 g/mol. The number of nitrogens with zero attached hydrogens (tertiary/aromatic N) is 2. The highest BCUT2D eigenvalue weighted by atomic mass is 127. The van der Waals surface area contributed by atoms with Crippen LogP contribution < -0.4 is 10.1 Å². The van der Waals surface area contributed by atoms with Gasteiger partial charge in [0.25, 0.3) is 0 Å². The number of guanidine groups is 1. The Morgan fingerprint density at radius 3 is 2.81 bits per heavy atom. The summed E-state index contributed by atoms with van der Waals surface area (Å²) in [6.45, 7) is 8.76. The standard InChI is InChI=1S/C20H33N3O2.HI/c1-16(2)10-12-25-19-8-6-5-7-18(19)13-22-20(21-3)23-11-9-17(14-23)15-24-4;/h5-8,16-17H,9-15H2,1-4H3,(H,21,22);1H. The number of methoxy groups -OCH3 is 1. The second-order valence-electron chi connectivity index (χ2n) is 7.10. The average molecular weight is 475 g/mol. The van der Waals surface area contributed by atoms with Gasteiger partial charge in [-0.05, 0) is 24.8 Å². The molecule has 1 aromatic rings. The van der Waals surface area contributed by atoms with Crippen molar-refractivity contribution in [3.8, 4) is 5.75 Å². The molecule has 2 rings (SSSR count). The first-order valence-electron chi connectivity index (χ1n) is 9.29. The van der Waals surface area contributed by atoms with Crippen LogP contribution in [0.15, 0.2) is 29.3 Å². The molecule has 5 nitrogen and oxygen atoms in total. The Balaban J connectivity index is 0.00000338. The molecule has 0 radical (unpaired) electrons. The van der Waals surface area contributed by atoms with Crippen LogP contribution in [0.4, 0.5) is 0 Å². The van der Waals surface area contributed by atoms with Gasteiger partial charge in [0.05, 0.1) is 13.2 Å². The molecule has 1 N–H and O–H groups in total. The van der Waals surface area contributed by atoms with Gasteiger partial charge in [0, 0.05) is 45.3 Å². The summed E-state index contributed by atoms with van der Waals surface area (Å²) in [7, 11) is 3.61. The van der Waals surface area contributed by atoms with E-state index in [0.29, 0.717) is 11.8 Å². The molecule has 1 unspecified atom stereocenters. The number of halogens is 1. The second kappa shape index (κ2) is 12.4. The van der Waals surface area contributed by atoms with Gasteiger partial charge >= 0.3 is 0 Å². The van der Waals surface area contributed by atoms with Crippen molar-refractivity contribution < 1.29 is 9.47 Å². The smallest absolute Gasteiger partial charge is 0.193 e. The summed E-state index contributed by atoms with van der Waals surface area (Å²) in [6.07, 6.45) is 2.22. The zero-order valence-electron chi connectivity index (χ0n) is 16.5. The predicted molar refractivity (Wildman–Crippen MR) is 119 cm³/mol. The van der Waals surface area contributed by atoms with Gasteiger partial charge in [-0.25, -0.2) is 0 Å². The Labute approximate surface area is 175 Å². The van der Waals surface area contributed by atoms with Gasteiger partial charge < -0.3 is 19.7 Å². The Morgan fingerprint density at radius 1 is 1.35 bits per heavy atom. The van der Waals surface area contributed by atoms with E-state index in [0.717, 1.165) is 57.4 Å². The lowest BCUT2D eigenvalue weighted by atomic mass is 10.1. The highest BCUT2D eigenvalue weighted by Gasteiger charge is 2.24. The number of aliphatic imine (C=N–C) groups is 1. The summed E-state index contributed by atoms with van der Waals surface area (Å²) < 4.78 is 11.3. The molecule has 1 heterocycles. The van der Waals surface area contributed by atoms with Crippen LogP contribution in [0, 0.1) is 11.8 Å². The van der Waals surface area contributed by atoms with Crippen molar-refractivity contribution in [3.05, 3.63) is 29.8 Å². The molecule has 1 atom stereocenters.